The largest absolute Gasteiger partial charge is 0.446 e. The van der Waals surface area contributed by atoms with Gasteiger partial charge in [-0.3, -0.25) is 0 Å². The van der Waals surface area contributed by atoms with E-state index in [1.165, 1.54) is 0 Å². The van der Waals surface area contributed by atoms with Crippen LogP contribution in [0.3, 0.4) is 0 Å². The fourth-order valence-corrected chi connectivity index (χ4v) is 2.17. The zero-order valence-corrected chi connectivity index (χ0v) is 11.5. The molecule has 1 aromatic heterocycles. The molecule has 1 aromatic rings. The summed E-state index contributed by atoms with van der Waals surface area (Å²) in [7, 11) is 0. The standard InChI is InChI=1S/C13H21N3O3/c1-9-12(16-10(2)19-9)5-6-14-13(17)15-8-11-4-3-7-18-11/h11H,3-8H2,1-2H3,(H2,14,15,17)/t11-/m1/s1. The highest BCUT2D eigenvalue weighted by atomic mass is 16.5. The van der Waals surface area contributed by atoms with Gasteiger partial charge >= 0.3 is 6.03 Å². The summed E-state index contributed by atoms with van der Waals surface area (Å²) < 4.78 is 10.8. The zero-order valence-electron chi connectivity index (χ0n) is 11.5. The summed E-state index contributed by atoms with van der Waals surface area (Å²) in [4.78, 5) is 15.8. The van der Waals surface area contributed by atoms with E-state index < -0.39 is 0 Å². The maximum absolute atomic E-state index is 11.6. The van der Waals surface area contributed by atoms with E-state index in [2.05, 4.69) is 15.6 Å². The lowest BCUT2D eigenvalue weighted by molar-refractivity contribution is 0.111. The number of rotatable bonds is 5. The molecule has 0 spiro atoms. The van der Waals surface area contributed by atoms with Crippen LogP contribution in [0.15, 0.2) is 4.42 Å². The summed E-state index contributed by atoms with van der Waals surface area (Å²) in [5.74, 6) is 1.48. The predicted molar refractivity (Wildman–Crippen MR) is 70.1 cm³/mol. The topological polar surface area (TPSA) is 76.4 Å². The minimum Gasteiger partial charge on any atom is -0.446 e. The lowest BCUT2D eigenvalue weighted by atomic mass is 10.2. The lowest BCUT2D eigenvalue weighted by Gasteiger charge is -2.11. The molecule has 0 unspecified atom stereocenters. The quantitative estimate of drug-likeness (QED) is 0.843. The first-order chi connectivity index (χ1) is 9.15. The van der Waals surface area contributed by atoms with E-state index in [0.29, 0.717) is 25.4 Å². The van der Waals surface area contributed by atoms with Crippen LogP contribution in [0.4, 0.5) is 4.79 Å². The third-order valence-corrected chi connectivity index (χ3v) is 3.16. The van der Waals surface area contributed by atoms with Gasteiger partial charge in [0.05, 0.1) is 11.8 Å². The molecule has 1 aliphatic rings. The van der Waals surface area contributed by atoms with Crippen molar-refractivity contribution in [2.45, 2.75) is 39.2 Å². The molecule has 6 heteroatoms. The average Bonchev–Trinajstić information content (AvgIpc) is 2.97. The second-order valence-electron chi connectivity index (χ2n) is 4.76. The number of oxazole rings is 1. The van der Waals surface area contributed by atoms with Gasteiger partial charge in [-0.05, 0) is 19.8 Å². The minimum absolute atomic E-state index is 0.159. The number of nitrogens with one attached hydrogen (secondary N) is 2. The van der Waals surface area contributed by atoms with Crippen LogP contribution in [-0.4, -0.2) is 36.8 Å². The summed E-state index contributed by atoms with van der Waals surface area (Å²) in [6.07, 6.45) is 2.96. The van der Waals surface area contributed by atoms with E-state index in [9.17, 15) is 4.79 Å². The van der Waals surface area contributed by atoms with Crippen molar-refractivity contribution in [1.82, 2.24) is 15.6 Å². The van der Waals surface area contributed by atoms with Gasteiger partial charge in [0.15, 0.2) is 5.89 Å². The van der Waals surface area contributed by atoms with Gasteiger partial charge in [-0.2, -0.15) is 0 Å². The number of nitrogens with zero attached hydrogens (tertiary/aromatic N) is 1. The Morgan fingerprint density at radius 1 is 1.42 bits per heavy atom. The van der Waals surface area contributed by atoms with Gasteiger partial charge in [0.2, 0.25) is 0 Å². The Bertz CT molecular complexity index is 425. The van der Waals surface area contributed by atoms with E-state index in [1.807, 2.05) is 13.8 Å². The van der Waals surface area contributed by atoms with Crippen LogP contribution in [-0.2, 0) is 11.2 Å². The highest BCUT2D eigenvalue weighted by Gasteiger charge is 2.16. The van der Waals surface area contributed by atoms with E-state index in [-0.39, 0.29) is 12.1 Å². The van der Waals surface area contributed by atoms with Crippen molar-refractivity contribution in [1.29, 1.82) is 0 Å². The van der Waals surface area contributed by atoms with Crippen molar-refractivity contribution < 1.29 is 13.9 Å². The molecule has 19 heavy (non-hydrogen) atoms. The molecule has 0 aromatic carbocycles. The van der Waals surface area contributed by atoms with Crippen molar-refractivity contribution in [3.05, 3.63) is 17.3 Å². The summed E-state index contributed by atoms with van der Waals surface area (Å²) in [5, 5.41) is 5.62. The molecule has 0 aliphatic carbocycles. The second-order valence-corrected chi connectivity index (χ2v) is 4.76. The molecule has 106 valence electrons. The predicted octanol–water partition coefficient (Wildman–Crippen LogP) is 1.31. The molecule has 2 N–H and O–H groups in total. The molecule has 0 saturated carbocycles. The Kier molecular flexibility index (Phi) is 4.79. The molecule has 1 saturated heterocycles. The second kappa shape index (κ2) is 6.56. The third kappa shape index (κ3) is 4.24. The number of carbonyl (C=O) groups is 1. The van der Waals surface area contributed by atoms with E-state index >= 15 is 0 Å². The average molecular weight is 267 g/mol. The van der Waals surface area contributed by atoms with Crippen molar-refractivity contribution in [3.8, 4) is 0 Å². The van der Waals surface area contributed by atoms with Crippen molar-refractivity contribution in [2.75, 3.05) is 19.7 Å². The van der Waals surface area contributed by atoms with E-state index in [1.54, 1.807) is 0 Å². The SMILES string of the molecule is Cc1nc(CCNC(=O)NC[C@H]2CCCO2)c(C)o1. The fraction of sp³-hybridized carbons (Fsp3) is 0.692. The molecule has 0 bridgehead atoms. The minimum atomic E-state index is -0.159. The summed E-state index contributed by atoms with van der Waals surface area (Å²) in [5.41, 5.74) is 0.900. The monoisotopic (exact) mass is 267 g/mol. The van der Waals surface area contributed by atoms with Crippen molar-refractivity contribution in [3.63, 3.8) is 0 Å². The van der Waals surface area contributed by atoms with Gasteiger partial charge < -0.3 is 19.8 Å². The Labute approximate surface area is 112 Å². The summed E-state index contributed by atoms with van der Waals surface area (Å²) in [6.45, 7) is 5.63. The number of ether oxygens (including phenoxy) is 1. The van der Waals surface area contributed by atoms with Crippen molar-refractivity contribution >= 4 is 6.03 Å². The first kappa shape index (κ1) is 13.9. The number of aryl methyl sites for hydroxylation is 2. The van der Waals surface area contributed by atoms with Gasteiger partial charge in [-0.25, -0.2) is 9.78 Å². The number of aromatic nitrogens is 1. The first-order valence-electron chi connectivity index (χ1n) is 6.71. The summed E-state index contributed by atoms with van der Waals surface area (Å²) >= 11 is 0. The Hall–Kier alpha value is -1.56. The molecule has 0 radical (unpaired) electrons. The van der Waals surface area contributed by atoms with Crippen LogP contribution in [0.25, 0.3) is 0 Å². The molecule has 1 fully saturated rings. The Morgan fingerprint density at radius 2 is 2.26 bits per heavy atom. The van der Waals surface area contributed by atoms with Gasteiger partial charge in [0.25, 0.3) is 0 Å². The molecule has 2 rings (SSSR count). The van der Waals surface area contributed by atoms with Crippen LogP contribution in [0.2, 0.25) is 0 Å². The first-order valence-corrected chi connectivity index (χ1v) is 6.71. The molecular weight excluding hydrogens is 246 g/mol. The van der Waals surface area contributed by atoms with Crippen LogP contribution in [0.5, 0.6) is 0 Å². The fourth-order valence-electron chi connectivity index (χ4n) is 2.17. The molecule has 1 atom stereocenters. The third-order valence-electron chi connectivity index (χ3n) is 3.16. The molecule has 2 amide bonds. The summed E-state index contributed by atoms with van der Waals surface area (Å²) in [6, 6.07) is -0.159. The van der Waals surface area contributed by atoms with Crippen LogP contribution < -0.4 is 10.6 Å². The number of amides is 2. The van der Waals surface area contributed by atoms with Crippen molar-refractivity contribution in [2.24, 2.45) is 0 Å². The number of hydrogen-bond acceptors (Lipinski definition) is 4. The van der Waals surface area contributed by atoms with Gasteiger partial charge in [-0.1, -0.05) is 0 Å². The van der Waals surface area contributed by atoms with E-state index in [4.69, 9.17) is 9.15 Å². The van der Waals surface area contributed by atoms with Gasteiger partial charge in [0, 0.05) is 33.0 Å². The Balaban J connectivity index is 1.62. The van der Waals surface area contributed by atoms with Crippen LogP contribution in [0, 0.1) is 13.8 Å². The number of hydrogen-bond donors (Lipinski definition) is 2. The maximum atomic E-state index is 11.6. The van der Waals surface area contributed by atoms with E-state index in [0.717, 1.165) is 30.9 Å². The number of carbonyl (C=O) groups excluding carboxylic acids is 1. The molecule has 1 aliphatic heterocycles. The van der Waals surface area contributed by atoms with Gasteiger partial charge in [-0.15, -0.1) is 0 Å². The smallest absolute Gasteiger partial charge is 0.314 e. The highest BCUT2D eigenvalue weighted by molar-refractivity contribution is 5.73. The zero-order chi connectivity index (χ0) is 13.7. The van der Waals surface area contributed by atoms with Crippen LogP contribution >= 0.6 is 0 Å². The highest BCUT2D eigenvalue weighted by Crippen LogP contribution is 2.10. The molecule has 2 heterocycles. The molecule has 6 nitrogen and oxygen atoms in total. The normalized spacial score (nSPS) is 18.5. The number of urea groups is 1. The lowest BCUT2D eigenvalue weighted by Crippen LogP contribution is -2.40. The maximum Gasteiger partial charge on any atom is 0.314 e. The molecular formula is C13H21N3O3. The Morgan fingerprint density at radius 3 is 2.89 bits per heavy atom. The van der Waals surface area contributed by atoms with Crippen LogP contribution in [0.1, 0.15) is 30.2 Å². The van der Waals surface area contributed by atoms with Gasteiger partial charge in [0.1, 0.15) is 5.76 Å².